The Balaban J connectivity index is 2.04. The van der Waals surface area contributed by atoms with Gasteiger partial charge in [0.05, 0.1) is 11.6 Å². The zero-order chi connectivity index (χ0) is 16.8. The monoisotopic (exact) mass is 311 g/mol. The van der Waals surface area contributed by atoms with Gasteiger partial charge in [0.2, 0.25) is 0 Å². The van der Waals surface area contributed by atoms with Crippen LogP contribution in [0.25, 0.3) is 22.3 Å². The molecule has 3 aromatic carbocycles. The van der Waals surface area contributed by atoms with E-state index >= 15 is 0 Å². The molecule has 0 fully saturated rings. The van der Waals surface area contributed by atoms with E-state index in [2.05, 4.69) is 24.8 Å². The summed E-state index contributed by atoms with van der Waals surface area (Å²) in [7, 11) is 0. The number of hydrogen-bond acceptors (Lipinski definition) is 2. The number of nitrogens with zero attached hydrogens (tertiary/aromatic N) is 1. The van der Waals surface area contributed by atoms with Crippen LogP contribution >= 0.6 is 0 Å². The van der Waals surface area contributed by atoms with E-state index < -0.39 is 0 Å². The first-order valence-electron chi connectivity index (χ1n) is 7.75. The maximum absolute atomic E-state index is 9.21. The Morgan fingerprint density at radius 1 is 0.875 bits per heavy atom. The van der Waals surface area contributed by atoms with Crippen LogP contribution in [-0.2, 0) is 0 Å². The van der Waals surface area contributed by atoms with Crippen LogP contribution in [0.1, 0.15) is 5.56 Å². The minimum Gasteiger partial charge on any atom is -0.490 e. The van der Waals surface area contributed by atoms with E-state index in [9.17, 15) is 5.26 Å². The topological polar surface area (TPSA) is 33.0 Å². The molecule has 2 heteroatoms. The van der Waals surface area contributed by atoms with Gasteiger partial charge >= 0.3 is 0 Å². The van der Waals surface area contributed by atoms with Crippen molar-refractivity contribution in [3.05, 3.63) is 91.0 Å². The summed E-state index contributed by atoms with van der Waals surface area (Å²) in [5, 5.41) is 9.21. The van der Waals surface area contributed by atoms with Gasteiger partial charge in [-0.05, 0) is 46.5 Å². The lowest BCUT2D eigenvalue weighted by Crippen LogP contribution is -1.92. The molecule has 2 nitrogen and oxygen atoms in total. The Bertz CT molecular complexity index is 874. The van der Waals surface area contributed by atoms with Gasteiger partial charge < -0.3 is 4.74 Å². The van der Waals surface area contributed by atoms with Crippen molar-refractivity contribution in [2.75, 3.05) is 6.61 Å². The maximum Gasteiger partial charge on any atom is 0.119 e. The van der Waals surface area contributed by atoms with E-state index in [-0.39, 0.29) is 0 Å². The summed E-state index contributed by atoms with van der Waals surface area (Å²) in [6, 6.07) is 26.1. The molecule has 0 spiro atoms. The Kier molecular flexibility index (Phi) is 4.74. The van der Waals surface area contributed by atoms with E-state index in [1.165, 1.54) is 0 Å². The Morgan fingerprint density at radius 2 is 1.58 bits per heavy atom. The van der Waals surface area contributed by atoms with Gasteiger partial charge in [-0.2, -0.15) is 5.26 Å². The van der Waals surface area contributed by atoms with E-state index in [0.29, 0.717) is 12.2 Å². The molecule has 3 aromatic rings. The van der Waals surface area contributed by atoms with Crippen molar-refractivity contribution >= 4 is 0 Å². The van der Waals surface area contributed by atoms with Gasteiger partial charge in [0.1, 0.15) is 12.4 Å². The summed E-state index contributed by atoms with van der Waals surface area (Å²) in [4.78, 5) is 0. The van der Waals surface area contributed by atoms with Crippen LogP contribution in [0, 0.1) is 11.3 Å². The minimum atomic E-state index is 0.492. The molecule has 0 aliphatic carbocycles. The number of benzene rings is 3. The fourth-order valence-corrected chi connectivity index (χ4v) is 2.61. The lowest BCUT2D eigenvalue weighted by molar-refractivity contribution is 0.363. The third-order valence-corrected chi connectivity index (χ3v) is 3.77. The van der Waals surface area contributed by atoms with Gasteiger partial charge in [-0.3, -0.25) is 0 Å². The summed E-state index contributed by atoms with van der Waals surface area (Å²) in [5.74, 6) is 0.813. The summed E-state index contributed by atoms with van der Waals surface area (Å²) >= 11 is 0. The van der Waals surface area contributed by atoms with Crippen LogP contribution in [0.2, 0.25) is 0 Å². The fraction of sp³-hybridized carbons (Fsp3) is 0.0455. The lowest BCUT2D eigenvalue weighted by Gasteiger charge is -2.12. The van der Waals surface area contributed by atoms with Crippen LogP contribution in [0.4, 0.5) is 0 Å². The molecule has 3 rings (SSSR count). The van der Waals surface area contributed by atoms with Crippen molar-refractivity contribution < 1.29 is 4.74 Å². The maximum atomic E-state index is 9.21. The largest absolute Gasteiger partial charge is 0.490 e. The highest BCUT2D eigenvalue weighted by atomic mass is 16.5. The smallest absolute Gasteiger partial charge is 0.119 e. The fourth-order valence-electron chi connectivity index (χ4n) is 2.61. The average Bonchev–Trinajstić information content (AvgIpc) is 2.67. The molecule has 0 unspecified atom stereocenters. The van der Waals surface area contributed by atoms with Gasteiger partial charge in [0.15, 0.2) is 0 Å². The van der Waals surface area contributed by atoms with Crippen molar-refractivity contribution in [3.8, 4) is 34.1 Å². The van der Waals surface area contributed by atoms with Crippen LogP contribution < -0.4 is 4.74 Å². The molecule has 0 atom stereocenters. The van der Waals surface area contributed by atoms with Gasteiger partial charge in [-0.1, -0.05) is 61.2 Å². The van der Waals surface area contributed by atoms with E-state index in [0.717, 1.165) is 28.0 Å². The Labute approximate surface area is 142 Å². The van der Waals surface area contributed by atoms with Crippen molar-refractivity contribution in [2.24, 2.45) is 0 Å². The SMILES string of the molecule is C=CCOc1ccc(-c2ccc(C#N)cc2-c2ccccc2)cc1. The number of ether oxygens (including phenoxy) is 1. The van der Waals surface area contributed by atoms with E-state index in [1.807, 2.05) is 60.7 Å². The molecule has 116 valence electrons. The lowest BCUT2D eigenvalue weighted by atomic mass is 9.93. The predicted molar refractivity (Wildman–Crippen MR) is 97.7 cm³/mol. The van der Waals surface area contributed by atoms with E-state index in [4.69, 9.17) is 4.74 Å². The molecule has 0 heterocycles. The molecule has 0 aliphatic heterocycles. The third kappa shape index (κ3) is 3.37. The Hall–Kier alpha value is -3.31. The van der Waals surface area contributed by atoms with Crippen LogP contribution in [-0.4, -0.2) is 6.61 Å². The number of hydrogen-bond donors (Lipinski definition) is 0. The summed E-state index contributed by atoms with van der Waals surface area (Å²) < 4.78 is 5.54. The summed E-state index contributed by atoms with van der Waals surface area (Å²) in [6.07, 6.45) is 1.72. The third-order valence-electron chi connectivity index (χ3n) is 3.77. The highest BCUT2D eigenvalue weighted by molar-refractivity contribution is 5.84. The molecule has 24 heavy (non-hydrogen) atoms. The van der Waals surface area contributed by atoms with Crippen LogP contribution in [0.5, 0.6) is 5.75 Å². The number of rotatable bonds is 5. The van der Waals surface area contributed by atoms with Crippen molar-refractivity contribution in [2.45, 2.75) is 0 Å². The second-order valence-electron chi connectivity index (χ2n) is 5.36. The normalized spacial score (nSPS) is 9.96. The molecule has 0 saturated carbocycles. The highest BCUT2D eigenvalue weighted by Crippen LogP contribution is 2.33. The standard InChI is InChI=1S/C22H17NO/c1-2-14-24-20-11-9-19(10-12-20)21-13-8-17(16-23)15-22(21)18-6-4-3-5-7-18/h2-13,15H,1,14H2. The first kappa shape index (κ1) is 15.6. The molecular weight excluding hydrogens is 294 g/mol. The molecule has 0 saturated heterocycles. The Morgan fingerprint density at radius 3 is 2.25 bits per heavy atom. The van der Waals surface area contributed by atoms with Crippen LogP contribution in [0.3, 0.4) is 0 Å². The highest BCUT2D eigenvalue weighted by Gasteiger charge is 2.09. The zero-order valence-electron chi connectivity index (χ0n) is 13.3. The zero-order valence-corrected chi connectivity index (χ0v) is 13.3. The van der Waals surface area contributed by atoms with Crippen molar-refractivity contribution in [1.82, 2.24) is 0 Å². The summed E-state index contributed by atoms with van der Waals surface area (Å²) in [5.41, 5.74) is 4.98. The molecule has 0 aromatic heterocycles. The van der Waals surface area contributed by atoms with Crippen molar-refractivity contribution in [1.29, 1.82) is 5.26 Å². The molecule has 0 radical (unpaired) electrons. The molecule has 0 bridgehead atoms. The average molecular weight is 311 g/mol. The molecule has 0 amide bonds. The van der Waals surface area contributed by atoms with E-state index in [1.54, 1.807) is 6.08 Å². The van der Waals surface area contributed by atoms with Crippen LogP contribution in [0.15, 0.2) is 85.5 Å². The van der Waals surface area contributed by atoms with Gasteiger partial charge in [-0.25, -0.2) is 0 Å². The molecule has 0 aliphatic rings. The molecular formula is C22H17NO. The first-order valence-corrected chi connectivity index (χ1v) is 7.75. The predicted octanol–water partition coefficient (Wildman–Crippen LogP) is 5.46. The van der Waals surface area contributed by atoms with Gasteiger partial charge in [0, 0.05) is 0 Å². The minimum absolute atomic E-state index is 0.492. The molecule has 0 N–H and O–H groups in total. The van der Waals surface area contributed by atoms with Crippen molar-refractivity contribution in [3.63, 3.8) is 0 Å². The van der Waals surface area contributed by atoms with Gasteiger partial charge in [0.25, 0.3) is 0 Å². The quantitative estimate of drug-likeness (QED) is 0.586. The number of nitriles is 1. The second-order valence-corrected chi connectivity index (χ2v) is 5.36. The summed E-state index contributed by atoms with van der Waals surface area (Å²) in [6.45, 7) is 4.14. The van der Waals surface area contributed by atoms with Gasteiger partial charge in [-0.15, -0.1) is 0 Å². The first-order chi connectivity index (χ1) is 11.8. The second kappa shape index (κ2) is 7.30.